The Morgan fingerprint density at radius 2 is 1.96 bits per heavy atom. The van der Waals surface area contributed by atoms with Gasteiger partial charge < -0.3 is 9.47 Å². The number of hydrogen-bond donors (Lipinski definition) is 0. The lowest BCUT2D eigenvalue weighted by Crippen LogP contribution is -1.99. The molecule has 116 valence electrons. The Balaban J connectivity index is 2.03. The summed E-state index contributed by atoms with van der Waals surface area (Å²) in [5, 5.41) is 21.9. The molecule has 0 unspecified atom stereocenters. The molecule has 0 bridgehead atoms. The summed E-state index contributed by atoms with van der Waals surface area (Å²) < 4.78 is 12.2. The number of benzene rings is 2. The predicted molar refractivity (Wildman–Crippen MR) is 78.9 cm³/mol. The van der Waals surface area contributed by atoms with E-state index in [1.54, 1.807) is 30.3 Å². The Labute approximate surface area is 130 Å². The Hall–Kier alpha value is -3.49. The van der Waals surface area contributed by atoms with Crippen molar-refractivity contribution in [3.8, 4) is 22.9 Å². The van der Waals surface area contributed by atoms with Gasteiger partial charge in [-0.2, -0.15) is 0 Å². The fraction of sp³-hybridized carbons (Fsp3) is 0.0714. The number of nitro benzene ring substituents is 1. The largest absolute Gasteiger partial charge is 0.493 e. The number of nitrogens with zero attached hydrogens (tertiary/aromatic N) is 5. The lowest BCUT2D eigenvalue weighted by atomic mass is 10.2. The number of tetrazole rings is 1. The average Bonchev–Trinajstić information content (AvgIpc) is 3.09. The first-order valence-electron chi connectivity index (χ1n) is 6.51. The molecular formula is C14H11N5O4. The Morgan fingerprint density at radius 1 is 1.17 bits per heavy atom. The molecule has 0 saturated carbocycles. The van der Waals surface area contributed by atoms with Crippen LogP contribution in [0.1, 0.15) is 0 Å². The van der Waals surface area contributed by atoms with E-state index in [0.29, 0.717) is 17.2 Å². The first-order chi connectivity index (χ1) is 11.2. The summed E-state index contributed by atoms with van der Waals surface area (Å²) in [7, 11) is 1.52. The minimum Gasteiger partial charge on any atom is -0.493 e. The lowest BCUT2D eigenvalue weighted by molar-refractivity contribution is -0.384. The lowest BCUT2D eigenvalue weighted by Gasteiger charge is -2.10. The van der Waals surface area contributed by atoms with Gasteiger partial charge in [0.25, 0.3) is 5.69 Å². The van der Waals surface area contributed by atoms with E-state index >= 15 is 0 Å². The average molecular weight is 313 g/mol. The molecule has 0 atom stereocenters. The van der Waals surface area contributed by atoms with Crippen molar-refractivity contribution in [2.45, 2.75) is 0 Å². The van der Waals surface area contributed by atoms with E-state index in [1.165, 1.54) is 30.3 Å². The van der Waals surface area contributed by atoms with Crippen LogP contribution in [0.4, 0.5) is 5.69 Å². The second kappa shape index (κ2) is 6.10. The minimum atomic E-state index is -0.511. The number of nitro groups is 1. The van der Waals surface area contributed by atoms with Crippen LogP contribution < -0.4 is 9.47 Å². The molecule has 0 radical (unpaired) electrons. The first-order valence-corrected chi connectivity index (χ1v) is 6.51. The van der Waals surface area contributed by atoms with Gasteiger partial charge in [0.05, 0.1) is 23.8 Å². The van der Waals surface area contributed by atoms with Gasteiger partial charge in [0, 0.05) is 12.1 Å². The SMILES string of the molecule is COc1ccccc1Oc1cc(-n2cnnn2)cc([N+](=O)[O-])c1. The van der Waals surface area contributed by atoms with Crippen molar-refractivity contribution in [1.82, 2.24) is 20.2 Å². The summed E-state index contributed by atoms with van der Waals surface area (Å²) >= 11 is 0. The van der Waals surface area contributed by atoms with Crippen molar-refractivity contribution in [2.75, 3.05) is 7.11 Å². The van der Waals surface area contributed by atoms with Crippen LogP contribution in [0.5, 0.6) is 17.2 Å². The Bertz CT molecular complexity index is 835. The van der Waals surface area contributed by atoms with Gasteiger partial charge in [-0.3, -0.25) is 10.1 Å². The minimum absolute atomic E-state index is 0.136. The van der Waals surface area contributed by atoms with E-state index in [4.69, 9.17) is 9.47 Å². The molecule has 23 heavy (non-hydrogen) atoms. The number of non-ortho nitro benzene ring substituents is 1. The predicted octanol–water partition coefficient (Wildman–Crippen LogP) is 2.37. The van der Waals surface area contributed by atoms with Gasteiger partial charge in [0.1, 0.15) is 12.1 Å². The third-order valence-electron chi connectivity index (χ3n) is 3.00. The van der Waals surface area contributed by atoms with Gasteiger partial charge in [0.15, 0.2) is 11.5 Å². The fourth-order valence-corrected chi connectivity index (χ4v) is 1.97. The summed E-state index contributed by atoms with van der Waals surface area (Å²) in [6, 6.07) is 11.3. The number of hydrogen-bond acceptors (Lipinski definition) is 7. The topological polar surface area (TPSA) is 105 Å². The number of rotatable bonds is 5. The van der Waals surface area contributed by atoms with E-state index in [-0.39, 0.29) is 11.4 Å². The third-order valence-corrected chi connectivity index (χ3v) is 3.00. The Kier molecular flexibility index (Phi) is 3.83. The van der Waals surface area contributed by atoms with Crippen LogP contribution >= 0.6 is 0 Å². The molecule has 0 aliphatic heterocycles. The zero-order valence-electron chi connectivity index (χ0n) is 12.0. The highest BCUT2D eigenvalue weighted by molar-refractivity contribution is 5.51. The van der Waals surface area contributed by atoms with Gasteiger partial charge in [-0.1, -0.05) is 12.1 Å². The van der Waals surface area contributed by atoms with Crippen molar-refractivity contribution in [3.63, 3.8) is 0 Å². The molecule has 3 aromatic rings. The third kappa shape index (κ3) is 3.07. The molecule has 0 saturated heterocycles. The summed E-state index contributed by atoms with van der Waals surface area (Å²) in [4.78, 5) is 10.6. The van der Waals surface area contributed by atoms with Gasteiger partial charge in [-0.25, -0.2) is 4.68 Å². The van der Waals surface area contributed by atoms with E-state index in [0.717, 1.165) is 0 Å². The number of aromatic nitrogens is 4. The van der Waals surface area contributed by atoms with Crippen LogP contribution in [0.2, 0.25) is 0 Å². The van der Waals surface area contributed by atoms with Gasteiger partial charge in [0.2, 0.25) is 0 Å². The van der Waals surface area contributed by atoms with Crippen LogP contribution in [0, 0.1) is 10.1 Å². The highest BCUT2D eigenvalue weighted by atomic mass is 16.6. The highest BCUT2D eigenvalue weighted by Crippen LogP contribution is 2.33. The first kappa shape index (κ1) is 14.4. The smallest absolute Gasteiger partial charge is 0.275 e. The molecule has 1 aromatic heterocycles. The summed E-state index contributed by atoms with van der Waals surface area (Å²) in [5.74, 6) is 1.23. The monoisotopic (exact) mass is 313 g/mol. The van der Waals surface area contributed by atoms with Crippen molar-refractivity contribution < 1.29 is 14.4 Å². The van der Waals surface area contributed by atoms with Crippen molar-refractivity contribution in [3.05, 3.63) is 58.9 Å². The standard InChI is InChI=1S/C14H11N5O4/c1-22-13-4-2-3-5-14(13)23-12-7-10(18-9-15-16-17-18)6-11(8-12)19(20)21/h2-9H,1H3. The van der Waals surface area contributed by atoms with Crippen LogP contribution in [0.15, 0.2) is 48.8 Å². The molecule has 0 aliphatic rings. The van der Waals surface area contributed by atoms with E-state index < -0.39 is 4.92 Å². The van der Waals surface area contributed by atoms with E-state index in [9.17, 15) is 10.1 Å². The zero-order valence-corrected chi connectivity index (χ0v) is 12.0. The van der Waals surface area contributed by atoms with Crippen molar-refractivity contribution in [2.24, 2.45) is 0 Å². The molecule has 9 heteroatoms. The molecule has 0 N–H and O–H groups in total. The molecule has 9 nitrogen and oxygen atoms in total. The van der Waals surface area contributed by atoms with Gasteiger partial charge in [-0.15, -0.1) is 5.10 Å². The maximum absolute atomic E-state index is 11.1. The van der Waals surface area contributed by atoms with Crippen LogP contribution in [0.3, 0.4) is 0 Å². The maximum atomic E-state index is 11.1. The molecule has 0 amide bonds. The second-order valence-corrected chi connectivity index (χ2v) is 4.45. The van der Waals surface area contributed by atoms with Gasteiger partial charge >= 0.3 is 0 Å². The molecule has 3 rings (SSSR count). The second-order valence-electron chi connectivity index (χ2n) is 4.45. The number of methoxy groups -OCH3 is 1. The van der Waals surface area contributed by atoms with Crippen molar-refractivity contribution in [1.29, 1.82) is 0 Å². The van der Waals surface area contributed by atoms with E-state index in [1.807, 2.05) is 0 Å². The molecule has 1 heterocycles. The molecule has 0 fully saturated rings. The number of ether oxygens (including phenoxy) is 2. The van der Waals surface area contributed by atoms with Gasteiger partial charge in [-0.05, 0) is 22.6 Å². The van der Waals surface area contributed by atoms with Crippen LogP contribution in [-0.4, -0.2) is 32.2 Å². The fourth-order valence-electron chi connectivity index (χ4n) is 1.97. The maximum Gasteiger partial charge on any atom is 0.275 e. The molecule has 0 spiro atoms. The summed E-state index contributed by atoms with van der Waals surface area (Å²) in [6.45, 7) is 0. The molecule has 0 aliphatic carbocycles. The highest BCUT2D eigenvalue weighted by Gasteiger charge is 2.14. The summed E-state index contributed by atoms with van der Waals surface area (Å²) in [6.07, 6.45) is 1.34. The van der Waals surface area contributed by atoms with Crippen molar-refractivity contribution >= 4 is 5.69 Å². The number of para-hydroxylation sites is 2. The summed E-state index contributed by atoms with van der Waals surface area (Å²) in [5.41, 5.74) is 0.275. The van der Waals surface area contributed by atoms with Crippen LogP contribution in [-0.2, 0) is 0 Å². The van der Waals surface area contributed by atoms with Crippen LogP contribution in [0.25, 0.3) is 5.69 Å². The normalized spacial score (nSPS) is 10.3. The zero-order chi connectivity index (χ0) is 16.2. The van der Waals surface area contributed by atoms with E-state index in [2.05, 4.69) is 15.5 Å². The quantitative estimate of drug-likeness (QED) is 0.526. The Morgan fingerprint density at radius 3 is 2.61 bits per heavy atom. The molecule has 2 aromatic carbocycles. The molecular weight excluding hydrogens is 302 g/mol.